The molecule has 36 heavy (non-hydrogen) atoms. The Morgan fingerprint density at radius 3 is 2.53 bits per heavy atom. The first kappa shape index (κ1) is 24.1. The van der Waals surface area contributed by atoms with Crippen LogP contribution < -0.4 is 0 Å². The minimum atomic E-state index is -2.22. The van der Waals surface area contributed by atoms with E-state index in [0.29, 0.717) is 13.0 Å². The van der Waals surface area contributed by atoms with Crippen molar-refractivity contribution < 1.29 is 48.3 Å². The molecular weight excluding hydrogens is 474 g/mol. The smallest absolute Gasteiger partial charge is 0.343 e. The van der Waals surface area contributed by atoms with Gasteiger partial charge in [-0.3, -0.25) is 4.79 Å². The summed E-state index contributed by atoms with van der Waals surface area (Å²) >= 11 is 0. The van der Waals surface area contributed by atoms with Crippen molar-refractivity contribution in [3.05, 3.63) is 12.8 Å². The van der Waals surface area contributed by atoms with Gasteiger partial charge in [0, 0.05) is 13.6 Å². The van der Waals surface area contributed by atoms with Gasteiger partial charge in [-0.15, -0.1) is 0 Å². The fraction of sp³-hybridized carbons (Fsp3) is 0.800. The van der Waals surface area contributed by atoms with Crippen molar-refractivity contribution in [3.8, 4) is 0 Å². The molecule has 2 spiro atoms. The van der Waals surface area contributed by atoms with Crippen LogP contribution in [0.25, 0.3) is 0 Å². The van der Waals surface area contributed by atoms with Crippen molar-refractivity contribution in [2.45, 2.75) is 76.0 Å². The number of esters is 3. The summed E-state index contributed by atoms with van der Waals surface area (Å²) in [7, 11) is 1.81. The lowest BCUT2D eigenvalue weighted by Crippen LogP contribution is -2.67. The molecule has 198 valence electrons. The lowest BCUT2D eigenvalue weighted by atomic mass is 9.51. The standard InChI is InChI=1S/C25H33NO10/c1-7-26(6)8-9-32-16-18(29)35-20-22(16)12(21(3,4)5)10-13-23(22)14(27)15-24(31,11(2)17(28)34-15)25(23,36-20)19(30)33-13/h7,11-16,20,27,31H,1,8-10H2,2-6H3/t11-,12+,13-,14+,15+,16+,20?,22?,23?,24-,25?/m1/s1. The third-order valence-electron chi connectivity index (χ3n) is 10.0. The first-order valence-corrected chi connectivity index (χ1v) is 12.4. The monoisotopic (exact) mass is 507 g/mol. The van der Waals surface area contributed by atoms with Crippen molar-refractivity contribution >= 4 is 17.9 Å². The zero-order valence-corrected chi connectivity index (χ0v) is 21.1. The minimum Gasteiger partial charge on any atom is -0.459 e. The lowest BCUT2D eigenvalue weighted by molar-refractivity contribution is -0.240. The third kappa shape index (κ3) is 2.10. The van der Waals surface area contributed by atoms with Gasteiger partial charge >= 0.3 is 17.9 Å². The zero-order chi connectivity index (χ0) is 26.2. The average Bonchev–Trinajstić information content (AvgIpc) is 3.51. The number of carbonyl (C=O) groups is 3. The SMILES string of the molecule is C=CN(C)CCO[C@H]1C(=O)OC2OC34C(=O)O[C@@H]5C[C@@H](C(C)(C)C)C21C53[C@@H](O)[C@@H]1OC(=O)[C@@H](C)[C@@]14O. The maximum atomic E-state index is 13.7. The topological polar surface area (TPSA) is 141 Å². The first-order valence-electron chi connectivity index (χ1n) is 12.4. The van der Waals surface area contributed by atoms with Crippen LogP contribution in [-0.4, -0.2) is 95.1 Å². The number of hydrogen-bond acceptors (Lipinski definition) is 11. The van der Waals surface area contributed by atoms with Crippen LogP contribution in [0.1, 0.15) is 34.1 Å². The molecule has 0 radical (unpaired) electrons. The van der Waals surface area contributed by atoms with Crippen LogP contribution in [-0.2, 0) is 38.1 Å². The van der Waals surface area contributed by atoms with Crippen LogP contribution in [0.5, 0.6) is 0 Å². The molecule has 2 aliphatic carbocycles. The molecule has 0 aromatic rings. The van der Waals surface area contributed by atoms with E-state index >= 15 is 0 Å². The van der Waals surface area contributed by atoms with Gasteiger partial charge in [-0.25, -0.2) is 9.59 Å². The van der Waals surface area contributed by atoms with E-state index in [4.69, 9.17) is 23.7 Å². The van der Waals surface area contributed by atoms with E-state index in [1.807, 2.05) is 27.8 Å². The molecule has 11 heteroatoms. The highest BCUT2D eigenvalue weighted by atomic mass is 16.8. The molecule has 0 amide bonds. The maximum absolute atomic E-state index is 13.7. The predicted molar refractivity (Wildman–Crippen MR) is 119 cm³/mol. The molecular formula is C25H33NO10. The molecule has 4 aliphatic heterocycles. The van der Waals surface area contributed by atoms with E-state index in [1.165, 1.54) is 6.92 Å². The Balaban J connectivity index is 1.59. The lowest BCUT2D eigenvalue weighted by Gasteiger charge is -2.48. The number of aliphatic hydroxyl groups excluding tert-OH is 1. The van der Waals surface area contributed by atoms with Crippen molar-refractivity contribution in [1.29, 1.82) is 0 Å². The van der Waals surface area contributed by atoms with Crippen LogP contribution in [0, 0.1) is 28.1 Å². The van der Waals surface area contributed by atoms with E-state index in [2.05, 4.69) is 6.58 Å². The van der Waals surface area contributed by atoms with Gasteiger partial charge in [0.1, 0.15) is 12.2 Å². The van der Waals surface area contributed by atoms with Crippen LogP contribution >= 0.6 is 0 Å². The second-order valence-corrected chi connectivity index (χ2v) is 12.2. The number of fused-ring (bicyclic) bond motifs is 1. The van der Waals surface area contributed by atoms with Gasteiger partial charge in [0.25, 0.3) is 0 Å². The summed E-state index contributed by atoms with van der Waals surface area (Å²) < 4.78 is 29.7. The summed E-state index contributed by atoms with van der Waals surface area (Å²) in [6, 6.07) is 0. The molecule has 4 saturated heterocycles. The van der Waals surface area contributed by atoms with E-state index in [0.717, 1.165) is 0 Å². The van der Waals surface area contributed by atoms with Gasteiger partial charge in [-0.05, 0) is 30.9 Å². The molecule has 2 N–H and O–H groups in total. The molecule has 0 aromatic heterocycles. The minimum absolute atomic E-state index is 0.130. The quantitative estimate of drug-likeness (QED) is 0.375. The fourth-order valence-electron chi connectivity index (χ4n) is 8.70. The summed E-state index contributed by atoms with van der Waals surface area (Å²) in [6.45, 7) is 11.7. The van der Waals surface area contributed by atoms with Crippen molar-refractivity contribution in [1.82, 2.24) is 4.90 Å². The summed E-state index contributed by atoms with van der Waals surface area (Å²) in [4.78, 5) is 41.5. The van der Waals surface area contributed by atoms with Gasteiger partial charge in [0.05, 0.1) is 23.4 Å². The van der Waals surface area contributed by atoms with Crippen LogP contribution in [0.3, 0.4) is 0 Å². The molecule has 0 bridgehead atoms. The van der Waals surface area contributed by atoms with Crippen LogP contribution in [0.4, 0.5) is 0 Å². The molecule has 6 aliphatic rings. The Morgan fingerprint density at radius 2 is 1.89 bits per heavy atom. The third-order valence-corrected chi connectivity index (χ3v) is 10.0. The summed E-state index contributed by atoms with van der Waals surface area (Å²) in [5.74, 6) is -3.88. The number of likely N-dealkylation sites (N-methyl/N-ethyl adjacent to an activating group) is 1. The van der Waals surface area contributed by atoms with Crippen LogP contribution in [0.2, 0.25) is 0 Å². The molecule has 4 unspecified atom stereocenters. The number of aliphatic hydroxyl groups is 2. The van der Waals surface area contributed by atoms with Gasteiger partial charge in [0.2, 0.25) is 11.9 Å². The average molecular weight is 508 g/mol. The van der Waals surface area contributed by atoms with E-state index in [9.17, 15) is 24.6 Å². The molecule has 11 atom stereocenters. The van der Waals surface area contributed by atoms with Gasteiger partial charge in [0.15, 0.2) is 17.8 Å². The van der Waals surface area contributed by atoms with Gasteiger partial charge in [-0.1, -0.05) is 27.4 Å². The molecule has 6 rings (SSSR count). The molecule has 6 fully saturated rings. The number of ether oxygens (including phenoxy) is 5. The second kappa shape index (κ2) is 6.80. The van der Waals surface area contributed by atoms with E-state index < -0.39 is 82.0 Å². The van der Waals surface area contributed by atoms with Crippen LogP contribution in [0.15, 0.2) is 12.8 Å². The highest BCUT2D eigenvalue weighted by Gasteiger charge is 3.04. The molecule has 4 heterocycles. The van der Waals surface area contributed by atoms with E-state index in [1.54, 1.807) is 11.1 Å². The molecule has 11 nitrogen and oxygen atoms in total. The fourth-order valence-corrected chi connectivity index (χ4v) is 8.70. The zero-order valence-electron chi connectivity index (χ0n) is 21.1. The predicted octanol–water partition coefficient (Wildman–Crippen LogP) is -0.270. The van der Waals surface area contributed by atoms with Gasteiger partial charge in [-0.2, -0.15) is 0 Å². The number of hydrogen-bond donors (Lipinski definition) is 2. The Labute approximate surface area is 208 Å². The summed E-state index contributed by atoms with van der Waals surface area (Å²) in [5, 5.41) is 24.2. The maximum Gasteiger partial charge on any atom is 0.343 e. The second-order valence-electron chi connectivity index (χ2n) is 12.2. The summed E-state index contributed by atoms with van der Waals surface area (Å²) in [5.41, 5.74) is -7.91. The molecule has 0 aromatic carbocycles. The number of carbonyl (C=O) groups excluding carboxylic acids is 3. The van der Waals surface area contributed by atoms with Gasteiger partial charge < -0.3 is 38.8 Å². The van der Waals surface area contributed by atoms with Crippen molar-refractivity contribution in [2.24, 2.45) is 28.1 Å². The van der Waals surface area contributed by atoms with Crippen molar-refractivity contribution in [3.63, 3.8) is 0 Å². The Morgan fingerprint density at radius 1 is 1.19 bits per heavy atom. The highest BCUT2D eigenvalue weighted by molar-refractivity contribution is 5.94. The number of nitrogens with zero attached hydrogens (tertiary/aromatic N) is 1. The Bertz CT molecular complexity index is 1070. The largest absolute Gasteiger partial charge is 0.459 e. The summed E-state index contributed by atoms with van der Waals surface area (Å²) in [6.07, 6.45) is -4.50. The van der Waals surface area contributed by atoms with E-state index in [-0.39, 0.29) is 12.5 Å². The Kier molecular flexibility index (Phi) is 4.56. The Hall–Kier alpha value is -2.21. The normalized spacial score (nSPS) is 51.9. The first-order chi connectivity index (χ1) is 16.8. The highest BCUT2D eigenvalue weighted by Crippen LogP contribution is 2.84. The van der Waals surface area contributed by atoms with Crippen molar-refractivity contribution in [2.75, 3.05) is 20.2 Å². The molecule has 2 saturated carbocycles. The number of rotatable bonds is 5.